The van der Waals surface area contributed by atoms with Crippen molar-refractivity contribution >= 4 is 17.4 Å². The third kappa shape index (κ3) is 2.90. The molecule has 0 unspecified atom stereocenters. The Morgan fingerprint density at radius 2 is 2.23 bits per heavy atom. The first-order valence-corrected chi connectivity index (χ1v) is 8.26. The largest absolute Gasteiger partial charge is 0.377 e. The van der Waals surface area contributed by atoms with Gasteiger partial charge in [0.15, 0.2) is 0 Å². The molecule has 1 saturated heterocycles. The second-order valence-corrected chi connectivity index (χ2v) is 5.93. The highest BCUT2D eigenvalue weighted by molar-refractivity contribution is 5.90. The average molecular weight is 303 g/mol. The van der Waals surface area contributed by atoms with Crippen molar-refractivity contribution in [3.05, 3.63) is 23.8 Å². The molecule has 1 N–H and O–H groups in total. The lowest BCUT2D eigenvalue weighted by atomic mass is 10.1. The standard InChI is InChI=1S/C17H25N3O2/c1-3-15-12-22-10-9-20(15)17(21)18-14-6-5-13-7-8-19(4-2)16(13)11-14/h5-6,11,15H,3-4,7-10,12H2,1-2H3,(H,18,21)/t15-/m1/s1. The number of urea groups is 1. The van der Waals surface area contributed by atoms with Crippen molar-refractivity contribution < 1.29 is 9.53 Å². The maximum atomic E-state index is 12.5. The molecule has 0 spiro atoms. The monoisotopic (exact) mass is 303 g/mol. The van der Waals surface area contributed by atoms with Crippen molar-refractivity contribution in [2.24, 2.45) is 0 Å². The highest BCUT2D eigenvalue weighted by Gasteiger charge is 2.26. The second-order valence-electron chi connectivity index (χ2n) is 5.93. The molecule has 0 radical (unpaired) electrons. The number of benzene rings is 1. The Morgan fingerprint density at radius 1 is 1.36 bits per heavy atom. The number of rotatable bonds is 3. The first-order valence-electron chi connectivity index (χ1n) is 8.26. The molecule has 0 saturated carbocycles. The first kappa shape index (κ1) is 15.2. The summed E-state index contributed by atoms with van der Waals surface area (Å²) in [4.78, 5) is 16.8. The van der Waals surface area contributed by atoms with Gasteiger partial charge in [0.2, 0.25) is 0 Å². The molecule has 1 aromatic rings. The van der Waals surface area contributed by atoms with Gasteiger partial charge in [0.1, 0.15) is 0 Å². The number of nitrogens with zero attached hydrogens (tertiary/aromatic N) is 2. The van der Waals surface area contributed by atoms with Crippen LogP contribution in [0.1, 0.15) is 25.8 Å². The van der Waals surface area contributed by atoms with Gasteiger partial charge in [-0.3, -0.25) is 0 Å². The molecule has 0 aliphatic carbocycles. The van der Waals surface area contributed by atoms with Gasteiger partial charge in [-0.2, -0.15) is 0 Å². The van der Waals surface area contributed by atoms with Crippen LogP contribution in [0.4, 0.5) is 16.2 Å². The number of nitrogens with one attached hydrogen (secondary N) is 1. The number of hydrogen-bond donors (Lipinski definition) is 1. The zero-order valence-electron chi connectivity index (χ0n) is 13.5. The molecule has 2 aliphatic heterocycles. The van der Waals surface area contributed by atoms with Crippen LogP contribution < -0.4 is 10.2 Å². The van der Waals surface area contributed by atoms with Crippen LogP contribution in [-0.4, -0.2) is 49.8 Å². The summed E-state index contributed by atoms with van der Waals surface area (Å²) >= 11 is 0. The van der Waals surface area contributed by atoms with Gasteiger partial charge >= 0.3 is 6.03 Å². The van der Waals surface area contributed by atoms with Gasteiger partial charge < -0.3 is 19.9 Å². The molecule has 2 heterocycles. The third-order valence-corrected chi connectivity index (χ3v) is 4.67. The smallest absolute Gasteiger partial charge is 0.322 e. The van der Waals surface area contributed by atoms with E-state index in [-0.39, 0.29) is 12.1 Å². The van der Waals surface area contributed by atoms with Gasteiger partial charge in [-0.25, -0.2) is 4.79 Å². The van der Waals surface area contributed by atoms with E-state index in [4.69, 9.17) is 4.74 Å². The van der Waals surface area contributed by atoms with Gasteiger partial charge in [-0.15, -0.1) is 0 Å². The fourth-order valence-corrected chi connectivity index (χ4v) is 3.31. The first-order chi connectivity index (χ1) is 10.7. The Bertz CT molecular complexity index is 547. The summed E-state index contributed by atoms with van der Waals surface area (Å²) in [5.41, 5.74) is 3.51. The quantitative estimate of drug-likeness (QED) is 0.934. The van der Waals surface area contributed by atoms with Crippen molar-refractivity contribution in [2.45, 2.75) is 32.7 Å². The van der Waals surface area contributed by atoms with Crippen molar-refractivity contribution in [2.75, 3.05) is 43.1 Å². The summed E-state index contributed by atoms with van der Waals surface area (Å²) in [7, 11) is 0. The van der Waals surface area contributed by atoms with E-state index in [2.05, 4.69) is 36.2 Å². The number of carbonyl (C=O) groups is 1. The van der Waals surface area contributed by atoms with Crippen LogP contribution >= 0.6 is 0 Å². The molecular weight excluding hydrogens is 278 g/mol. The van der Waals surface area contributed by atoms with E-state index >= 15 is 0 Å². The molecule has 5 heteroatoms. The molecule has 22 heavy (non-hydrogen) atoms. The van der Waals surface area contributed by atoms with Gasteiger partial charge in [-0.05, 0) is 37.5 Å². The molecule has 0 bridgehead atoms. The van der Waals surface area contributed by atoms with Crippen LogP contribution in [0.15, 0.2) is 18.2 Å². The molecule has 1 fully saturated rings. The lowest BCUT2D eigenvalue weighted by Gasteiger charge is -2.35. The number of anilines is 2. The van der Waals surface area contributed by atoms with E-state index in [0.29, 0.717) is 19.8 Å². The zero-order chi connectivity index (χ0) is 15.5. The molecule has 1 atom stereocenters. The third-order valence-electron chi connectivity index (χ3n) is 4.67. The van der Waals surface area contributed by atoms with Crippen molar-refractivity contribution in [3.8, 4) is 0 Å². The van der Waals surface area contributed by atoms with Crippen LogP contribution in [0.2, 0.25) is 0 Å². The minimum absolute atomic E-state index is 0.0175. The number of fused-ring (bicyclic) bond motifs is 1. The molecular formula is C17H25N3O2. The van der Waals surface area contributed by atoms with E-state index in [9.17, 15) is 4.79 Å². The lowest BCUT2D eigenvalue weighted by Crippen LogP contribution is -2.50. The number of carbonyl (C=O) groups excluding carboxylic acids is 1. The SMILES string of the molecule is CC[C@@H]1COCCN1C(=O)Nc1ccc2c(c1)N(CC)CC2. The number of likely N-dealkylation sites (N-methyl/N-ethyl adjacent to an activating group) is 1. The zero-order valence-corrected chi connectivity index (χ0v) is 13.5. The second kappa shape index (κ2) is 6.57. The number of ether oxygens (including phenoxy) is 1. The fourth-order valence-electron chi connectivity index (χ4n) is 3.31. The summed E-state index contributed by atoms with van der Waals surface area (Å²) in [6, 6.07) is 6.41. The van der Waals surface area contributed by atoms with Crippen molar-refractivity contribution in [1.29, 1.82) is 0 Å². The van der Waals surface area contributed by atoms with Crippen LogP contribution in [0.25, 0.3) is 0 Å². The van der Waals surface area contributed by atoms with Gasteiger partial charge in [0.05, 0.1) is 19.3 Å². The molecule has 120 valence electrons. The van der Waals surface area contributed by atoms with Gasteiger partial charge in [0, 0.05) is 31.0 Å². The predicted molar refractivity (Wildman–Crippen MR) is 88.7 cm³/mol. The van der Waals surface area contributed by atoms with Crippen molar-refractivity contribution in [1.82, 2.24) is 4.90 Å². The Hall–Kier alpha value is -1.75. The molecule has 3 rings (SSSR count). The van der Waals surface area contributed by atoms with Crippen LogP contribution in [0.5, 0.6) is 0 Å². The van der Waals surface area contributed by atoms with E-state index < -0.39 is 0 Å². The minimum atomic E-state index is -0.0175. The summed E-state index contributed by atoms with van der Waals surface area (Å²) < 4.78 is 5.46. The van der Waals surface area contributed by atoms with E-state index in [1.165, 1.54) is 11.3 Å². The van der Waals surface area contributed by atoms with Gasteiger partial charge in [-0.1, -0.05) is 13.0 Å². The van der Waals surface area contributed by atoms with E-state index in [1.807, 2.05) is 11.0 Å². The fraction of sp³-hybridized carbons (Fsp3) is 0.588. The lowest BCUT2D eigenvalue weighted by molar-refractivity contribution is 0.0144. The average Bonchev–Trinajstić information content (AvgIpc) is 2.97. The van der Waals surface area contributed by atoms with Crippen LogP contribution in [-0.2, 0) is 11.2 Å². The normalized spacial score (nSPS) is 20.9. The highest BCUT2D eigenvalue weighted by Crippen LogP contribution is 2.30. The van der Waals surface area contributed by atoms with Crippen LogP contribution in [0, 0.1) is 0 Å². The predicted octanol–water partition coefficient (Wildman–Crippen LogP) is 2.71. The number of amides is 2. The Kier molecular flexibility index (Phi) is 4.52. The topological polar surface area (TPSA) is 44.8 Å². The van der Waals surface area contributed by atoms with Crippen molar-refractivity contribution in [3.63, 3.8) is 0 Å². The molecule has 5 nitrogen and oxygen atoms in total. The number of morpholine rings is 1. The summed E-state index contributed by atoms with van der Waals surface area (Å²) in [6.07, 6.45) is 2.01. The maximum absolute atomic E-state index is 12.5. The van der Waals surface area contributed by atoms with E-state index in [0.717, 1.165) is 31.6 Å². The molecule has 1 aromatic carbocycles. The molecule has 2 aliphatic rings. The minimum Gasteiger partial charge on any atom is -0.377 e. The Balaban J connectivity index is 1.71. The molecule has 2 amide bonds. The summed E-state index contributed by atoms with van der Waals surface area (Å²) in [5.74, 6) is 0. The summed E-state index contributed by atoms with van der Waals surface area (Å²) in [5, 5.41) is 3.06. The summed E-state index contributed by atoms with van der Waals surface area (Å²) in [6.45, 7) is 8.26. The Labute approximate surface area is 132 Å². The highest BCUT2D eigenvalue weighted by atomic mass is 16.5. The maximum Gasteiger partial charge on any atom is 0.322 e. The van der Waals surface area contributed by atoms with Gasteiger partial charge in [0.25, 0.3) is 0 Å². The molecule has 0 aromatic heterocycles. The van der Waals surface area contributed by atoms with E-state index in [1.54, 1.807) is 0 Å². The van der Waals surface area contributed by atoms with Crippen LogP contribution in [0.3, 0.4) is 0 Å². The Morgan fingerprint density at radius 3 is 3.00 bits per heavy atom. The number of hydrogen-bond acceptors (Lipinski definition) is 3.